The fraction of sp³-hybridized carbons (Fsp3) is 0.300. The van der Waals surface area contributed by atoms with Gasteiger partial charge in [0.05, 0.1) is 36.7 Å². The lowest BCUT2D eigenvalue weighted by atomic mass is 10.1. The fourth-order valence-corrected chi connectivity index (χ4v) is 4.02. The van der Waals surface area contributed by atoms with Gasteiger partial charge in [0.15, 0.2) is 0 Å². The first-order valence-corrected chi connectivity index (χ1v) is 10.2. The Hall–Kier alpha value is -3.40. The van der Waals surface area contributed by atoms with Crippen molar-refractivity contribution in [3.05, 3.63) is 73.3 Å². The topological polar surface area (TPSA) is 125 Å². The SMILES string of the molecule is CCC[C@@H](CCc1nc2ccccc2s1)OC(=O)c1cc([N+](=O)[O-])cc([N+](=O)[O-])c1. The molecule has 0 aliphatic carbocycles. The van der Waals surface area contributed by atoms with E-state index in [4.69, 9.17) is 4.74 Å². The molecule has 9 nitrogen and oxygen atoms in total. The van der Waals surface area contributed by atoms with Crippen LogP contribution < -0.4 is 0 Å². The Morgan fingerprint density at radius 1 is 1.10 bits per heavy atom. The lowest BCUT2D eigenvalue weighted by Crippen LogP contribution is -2.19. The lowest BCUT2D eigenvalue weighted by molar-refractivity contribution is -0.394. The average molecular weight is 429 g/mol. The van der Waals surface area contributed by atoms with Crippen LogP contribution in [0.1, 0.15) is 41.6 Å². The first kappa shape index (κ1) is 21.3. The number of fused-ring (bicyclic) bond motifs is 1. The summed E-state index contributed by atoms with van der Waals surface area (Å²) in [6.45, 7) is 1.96. The molecule has 0 unspecified atom stereocenters. The van der Waals surface area contributed by atoms with Gasteiger partial charge in [-0.05, 0) is 25.0 Å². The van der Waals surface area contributed by atoms with Crippen molar-refractivity contribution in [2.75, 3.05) is 0 Å². The van der Waals surface area contributed by atoms with Crippen LogP contribution in [-0.4, -0.2) is 26.9 Å². The predicted molar refractivity (Wildman–Crippen MR) is 112 cm³/mol. The molecule has 0 aliphatic rings. The van der Waals surface area contributed by atoms with Crippen LogP contribution in [0.2, 0.25) is 0 Å². The number of esters is 1. The molecular weight excluding hydrogens is 410 g/mol. The van der Waals surface area contributed by atoms with Gasteiger partial charge in [0.2, 0.25) is 0 Å². The molecule has 1 atom stereocenters. The number of rotatable bonds is 9. The van der Waals surface area contributed by atoms with E-state index in [0.717, 1.165) is 39.8 Å². The van der Waals surface area contributed by atoms with E-state index in [1.54, 1.807) is 11.3 Å². The molecule has 3 aromatic rings. The molecule has 0 saturated carbocycles. The minimum atomic E-state index is -0.815. The van der Waals surface area contributed by atoms with Crippen molar-refractivity contribution in [2.24, 2.45) is 0 Å². The van der Waals surface area contributed by atoms with E-state index in [2.05, 4.69) is 4.98 Å². The van der Waals surface area contributed by atoms with Crippen LogP contribution in [0.15, 0.2) is 42.5 Å². The van der Waals surface area contributed by atoms with Gasteiger partial charge in [-0.15, -0.1) is 11.3 Å². The van der Waals surface area contributed by atoms with E-state index in [0.29, 0.717) is 19.3 Å². The Balaban J connectivity index is 1.73. The molecule has 156 valence electrons. The molecular formula is C20H19N3O6S. The van der Waals surface area contributed by atoms with Gasteiger partial charge in [-0.2, -0.15) is 0 Å². The Morgan fingerprint density at radius 3 is 2.37 bits per heavy atom. The second kappa shape index (κ2) is 9.40. The van der Waals surface area contributed by atoms with Crippen LogP contribution in [0.5, 0.6) is 0 Å². The van der Waals surface area contributed by atoms with Gasteiger partial charge in [-0.1, -0.05) is 25.5 Å². The first-order chi connectivity index (χ1) is 14.4. The molecule has 3 rings (SSSR count). The highest BCUT2D eigenvalue weighted by Gasteiger charge is 2.23. The summed E-state index contributed by atoms with van der Waals surface area (Å²) >= 11 is 1.58. The molecule has 0 aliphatic heterocycles. The maximum atomic E-state index is 12.6. The van der Waals surface area contributed by atoms with E-state index < -0.39 is 33.3 Å². The number of hydrogen-bond acceptors (Lipinski definition) is 8. The maximum absolute atomic E-state index is 12.6. The molecule has 30 heavy (non-hydrogen) atoms. The smallest absolute Gasteiger partial charge is 0.338 e. The molecule has 0 saturated heterocycles. The zero-order chi connectivity index (χ0) is 21.7. The number of aromatic nitrogens is 1. The number of non-ortho nitro benzene ring substituents is 2. The summed E-state index contributed by atoms with van der Waals surface area (Å²) in [4.78, 5) is 37.6. The Kier molecular flexibility index (Phi) is 6.68. The summed E-state index contributed by atoms with van der Waals surface area (Å²) in [7, 11) is 0. The number of para-hydroxylation sites is 1. The molecule has 0 fully saturated rings. The second-order valence-electron chi connectivity index (χ2n) is 6.68. The van der Waals surface area contributed by atoms with Gasteiger partial charge >= 0.3 is 5.97 Å². The third-order valence-electron chi connectivity index (χ3n) is 4.46. The monoisotopic (exact) mass is 429 g/mol. The van der Waals surface area contributed by atoms with Gasteiger partial charge in [-0.25, -0.2) is 9.78 Å². The fourth-order valence-electron chi connectivity index (χ4n) is 3.04. The summed E-state index contributed by atoms with van der Waals surface area (Å²) < 4.78 is 6.62. The first-order valence-electron chi connectivity index (χ1n) is 9.36. The van der Waals surface area contributed by atoms with E-state index in [1.807, 2.05) is 31.2 Å². The number of benzene rings is 2. The van der Waals surface area contributed by atoms with Gasteiger partial charge < -0.3 is 4.74 Å². The molecule has 1 aromatic heterocycles. The lowest BCUT2D eigenvalue weighted by Gasteiger charge is -2.16. The third kappa shape index (κ3) is 5.15. The summed E-state index contributed by atoms with van der Waals surface area (Å²) in [5.41, 5.74) is -0.349. The number of nitro benzene ring substituents is 2. The van der Waals surface area contributed by atoms with Gasteiger partial charge in [0, 0.05) is 18.6 Å². The van der Waals surface area contributed by atoms with Gasteiger partial charge in [0.25, 0.3) is 11.4 Å². The van der Waals surface area contributed by atoms with Crippen LogP contribution in [-0.2, 0) is 11.2 Å². The van der Waals surface area contributed by atoms with Crippen molar-refractivity contribution in [3.8, 4) is 0 Å². The number of carbonyl (C=O) groups excluding carboxylic acids is 1. The molecule has 0 bridgehead atoms. The van der Waals surface area contributed by atoms with Crippen molar-refractivity contribution in [3.63, 3.8) is 0 Å². The maximum Gasteiger partial charge on any atom is 0.338 e. The van der Waals surface area contributed by atoms with Crippen LogP contribution in [0.4, 0.5) is 11.4 Å². The highest BCUT2D eigenvalue weighted by Crippen LogP contribution is 2.26. The average Bonchev–Trinajstić information content (AvgIpc) is 3.14. The predicted octanol–water partition coefficient (Wildman–Crippen LogP) is 5.07. The number of nitrogens with zero attached hydrogens (tertiary/aromatic N) is 3. The largest absolute Gasteiger partial charge is 0.459 e. The van der Waals surface area contributed by atoms with E-state index >= 15 is 0 Å². The molecule has 2 aromatic carbocycles. The Labute approximate surface area is 175 Å². The minimum Gasteiger partial charge on any atom is -0.459 e. The van der Waals surface area contributed by atoms with Crippen molar-refractivity contribution in [1.82, 2.24) is 4.98 Å². The third-order valence-corrected chi connectivity index (χ3v) is 5.56. The van der Waals surface area contributed by atoms with Crippen molar-refractivity contribution < 1.29 is 19.4 Å². The summed E-state index contributed by atoms with van der Waals surface area (Å²) in [5, 5.41) is 23.0. The number of aryl methyl sites for hydroxylation is 1. The van der Waals surface area contributed by atoms with Crippen molar-refractivity contribution in [1.29, 1.82) is 0 Å². The van der Waals surface area contributed by atoms with E-state index in [1.165, 1.54) is 0 Å². The number of thiazole rings is 1. The summed E-state index contributed by atoms with van der Waals surface area (Å²) in [5.74, 6) is -0.815. The molecule has 0 N–H and O–H groups in total. The Bertz CT molecular complexity index is 1030. The van der Waals surface area contributed by atoms with Crippen LogP contribution in [0.3, 0.4) is 0 Å². The van der Waals surface area contributed by atoms with Crippen LogP contribution >= 0.6 is 11.3 Å². The standard InChI is InChI=1S/C20H19N3O6S/c1-2-5-16(8-9-19-21-17-6-3-4-7-18(17)30-19)29-20(24)13-10-14(22(25)26)12-15(11-13)23(27)28/h3-4,6-7,10-12,16H,2,5,8-9H2,1H3/t16-/m0/s1. The highest BCUT2D eigenvalue weighted by atomic mass is 32.1. The molecule has 0 amide bonds. The summed E-state index contributed by atoms with van der Waals surface area (Å²) in [6.07, 6.45) is 2.11. The molecule has 10 heteroatoms. The number of carbonyl (C=O) groups is 1. The van der Waals surface area contributed by atoms with E-state index in [9.17, 15) is 25.0 Å². The second-order valence-corrected chi connectivity index (χ2v) is 7.80. The Morgan fingerprint density at radius 2 is 1.77 bits per heavy atom. The molecule has 0 spiro atoms. The normalized spacial score (nSPS) is 11.9. The van der Waals surface area contributed by atoms with E-state index in [-0.39, 0.29) is 5.56 Å². The van der Waals surface area contributed by atoms with Crippen molar-refractivity contribution in [2.45, 2.75) is 38.7 Å². The zero-order valence-electron chi connectivity index (χ0n) is 16.1. The quantitative estimate of drug-likeness (QED) is 0.264. The number of ether oxygens (including phenoxy) is 1. The molecule has 1 heterocycles. The molecule has 0 radical (unpaired) electrons. The van der Waals surface area contributed by atoms with Crippen LogP contribution in [0.25, 0.3) is 10.2 Å². The minimum absolute atomic E-state index is 0.211. The summed E-state index contributed by atoms with van der Waals surface area (Å²) in [6, 6.07) is 10.6. The van der Waals surface area contributed by atoms with Gasteiger partial charge in [-0.3, -0.25) is 20.2 Å². The zero-order valence-corrected chi connectivity index (χ0v) is 17.0. The number of nitro groups is 2. The van der Waals surface area contributed by atoms with Gasteiger partial charge in [0.1, 0.15) is 6.10 Å². The van der Waals surface area contributed by atoms with Crippen molar-refractivity contribution >= 4 is 38.9 Å². The number of hydrogen-bond donors (Lipinski definition) is 0. The van der Waals surface area contributed by atoms with Crippen LogP contribution in [0, 0.1) is 20.2 Å². The highest BCUT2D eigenvalue weighted by molar-refractivity contribution is 7.18.